The van der Waals surface area contributed by atoms with Crippen molar-refractivity contribution in [1.29, 1.82) is 0 Å². The molecule has 0 saturated heterocycles. The zero-order chi connectivity index (χ0) is 9.26. The second-order valence-corrected chi connectivity index (χ2v) is 3.14. The Morgan fingerprint density at radius 2 is 2.08 bits per heavy atom. The molecule has 2 aromatic heterocycles. The number of hydrogen-bond acceptors (Lipinski definition) is 2. The summed E-state index contributed by atoms with van der Waals surface area (Å²) in [7, 11) is 0. The van der Waals surface area contributed by atoms with E-state index in [1.807, 2.05) is 37.0 Å². The summed E-state index contributed by atoms with van der Waals surface area (Å²) in [5.74, 6) is 0. The average molecular weight is 173 g/mol. The molecule has 3 heteroatoms. The Bertz CT molecular complexity index is 418. The van der Waals surface area contributed by atoms with Crippen LogP contribution in [0.2, 0.25) is 0 Å². The molecule has 0 atom stereocenters. The molecular weight excluding hydrogens is 162 g/mol. The van der Waals surface area contributed by atoms with E-state index in [2.05, 4.69) is 16.0 Å². The molecule has 2 aromatic rings. The van der Waals surface area contributed by atoms with Crippen molar-refractivity contribution in [1.82, 2.24) is 14.5 Å². The maximum atomic E-state index is 4.16. The first-order chi connectivity index (χ1) is 6.25. The Hall–Kier alpha value is -1.64. The molecule has 0 fully saturated rings. The number of hydrogen-bond donors (Lipinski definition) is 0. The lowest BCUT2D eigenvalue weighted by molar-refractivity contribution is 1.03. The first kappa shape index (κ1) is 7.98. The molecule has 13 heavy (non-hydrogen) atoms. The molecule has 0 unspecified atom stereocenters. The average Bonchev–Trinajstić information content (AvgIpc) is 2.52. The Labute approximate surface area is 77.1 Å². The molecule has 0 bridgehead atoms. The van der Waals surface area contributed by atoms with Gasteiger partial charge in [-0.05, 0) is 25.5 Å². The maximum Gasteiger partial charge on any atom is 0.0995 e. The van der Waals surface area contributed by atoms with E-state index >= 15 is 0 Å². The van der Waals surface area contributed by atoms with E-state index in [1.54, 1.807) is 6.33 Å². The summed E-state index contributed by atoms with van der Waals surface area (Å²) >= 11 is 0. The van der Waals surface area contributed by atoms with Crippen LogP contribution in [0.25, 0.3) is 5.69 Å². The molecule has 0 aliphatic rings. The van der Waals surface area contributed by atoms with Crippen molar-refractivity contribution >= 4 is 0 Å². The van der Waals surface area contributed by atoms with Crippen molar-refractivity contribution in [3.05, 3.63) is 42.2 Å². The second-order valence-electron chi connectivity index (χ2n) is 3.14. The maximum absolute atomic E-state index is 4.16. The molecule has 0 aliphatic carbocycles. The fourth-order valence-corrected chi connectivity index (χ4v) is 1.24. The topological polar surface area (TPSA) is 30.7 Å². The minimum absolute atomic E-state index is 1.02. The minimum atomic E-state index is 1.02. The molecule has 2 rings (SSSR count). The van der Waals surface area contributed by atoms with Gasteiger partial charge in [0, 0.05) is 12.4 Å². The monoisotopic (exact) mass is 173 g/mol. The smallest absolute Gasteiger partial charge is 0.0995 e. The molecule has 0 amide bonds. The Morgan fingerprint density at radius 1 is 1.23 bits per heavy atom. The highest BCUT2D eigenvalue weighted by Gasteiger charge is 1.97. The third-order valence-electron chi connectivity index (χ3n) is 1.87. The summed E-state index contributed by atoms with van der Waals surface area (Å²) in [6, 6.07) is 2.08. The zero-order valence-electron chi connectivity index (χ0n) is 7.73. The van der Waals surface area contributed by atoms with Gasteiger partial charge in [0.2, 0.25) is 0 Å². The molecule has 66 valence electrons. The third kappa shape index (κ3) is 1.59. The van der Waals surface area contributed by atoms with E-state index in [1.165, 1.54) is 0 Å². The molecule has 0 saturated carbocycles. The molecule has 2 heterocycles. The van der Waals surface area contributed by atoms with Gasteiger partial charge in [0.05, 0.1) is 23.9 Å². The lowest BCUT2D eigenvalue weighted by Crippen LogP contribution is -1.91. The highest BCUT2D eigenvalue weighted by molar-refractivity contribution is 5.31. The largest absolute Gasteiger partial charge is 0.304 e. The van der Waals surface area contributed by atoms with Crippen molar-refractivity contribution < 1.29 is 0 Å². The van der Waals surface area contributed by atoms with Crippen LogP contribution >= 0.6 is 0 Å². The van der Waals surface area contributed by atoms with Crippen LogP contribution in [0.15, 0.2) is 31.0 Å². The zero-order valence-corrected chi connectivity index (χ0v) is 7.73. The summed E-state index contributed by atoms with van der Waals surface area (Å²) in [4.78, 5) is 8.28. The quantitative estimate of drug-likeness (QED) is 0.659. The highest BCUT2D eigenvalue weighted by Crippen LogP contribution is 2.08. The van der Waals surface area contributed by atoms with Gasteiger partial charge in [0.25, 0.3) is 0 Å². The van der Waals surface area contributed by atoms with E-state index in [0.717, 1.165) is 16.9 Å². The van der Waals surface area contributed by atoms with Crippen LogP contribution in [0.4, 0.5) is 0 Å². The summed E-state index contributed by atoms with van der Waals surface area (Å²) in [6.45, 7) is 4.00. The van der Waals surface area contributed by atoms with Crippen LogP contribution in [0.5, 0.6) is 0 Å². The summed E-state index contributed by atoms with van der Waals surface area (Å²) < 4.78 is 1.97. The van der Waals surface area contributed by atoms with Gasteiger partial charge in [-0.3, -0.25) is 4.98 Å². The molecular formula is C10H11N3. The van der Waals surface area contributed by atoms with E-state index < -0.39 is 0 Å². The summed E-state index contributed by atoms with van der Waals surface area (Å²) in [5.41, 5.74) is 3.23. The number of aromatic nitrogens is 3. The molecule has 0 N–H and O–H groups in total. The lowest BCUT2D eigenvalue weighted by Gasteiger charge is -2.00. The predicted molar refractivity (Wildman–Crippen MR) is 50.8 cm³/mol. The Kier molecular flexibility index (Phi) is 1.85. The fourth-order valence-electron chi connectivity index (χ4n) is 1.24. The van der Waals surface area contributed by atoms with Gasteiger partial charge in [0.15, 0.2) is 0 Å². The number of imidazole rings is 1. The van der Waals surface area contributed by atoms with Crippen LogP contribution in [-0.4, -0.2) is 14.5 Å². The summed E-state index contributed by atoms with van der Waals surface area (Å²) in [5, 5.41) is 0. The predicted octanol–water partition coefficient (Wildman–Crippen LogP) is 1.88. The SMILES string of the molecule is Cc1cncc(-n2cnc(C)c2)c1. The van der Waals surface area contributed by atoms with Gasteiger partial charge in [-0.25, -0.2) is 4.98 Å². The van der Waals surface area contributed by atoms with Gasteiger partial charge in [0.1, 0.15) is 0 Å². The van der Waals surface area contributed by atoms with Crippen molar-refractivity contribution in [2.45, 2.75) is 13.8 Å². The van der Waals surface area contributed by atoms with Crippen molar-refractivity contribution in [2.75, 3.05) is 0 Å². The highest BCUT2D eigenvalue weighted by atomic mass is 15.0. The molecule has 0 spiro atoms. The normalized spacial score (nSPS) is 10.3. The number of aryl methyl sites for hydroxylation is 2. The third-order valence-corrected chi connectivity index (χ3v) is 1.87. The van der Waals surface area contributed by atoms with Crippen LogP contribution in [0.1, 0.15) is 11.3 Å². The van der Waals surface area contributed by atoms with Crippen LogP contribution < -0.4 is 0 Å². The minimum Gasteiger partial charge on any atom is -0.304 e. The number of nitrogens with zero attached hydrogens (tertiary/aromatic N) is 3. The van der Waals surface area contributed by atoms with Gasteiger partial charge in [-0.1, -0.05) is 0 Å². The van der Waals surface area contributed by atoms with Crippen molar-refractivity contribution in [3.8, 4) is 5.69 Å². The Balaban J connectivity index is 2.46. The Morgan fingerprint density at radius 3 is 2.69 bits per heavy atom. The van der Waals surface area contributed by atoms with Crippen LogP contribution in [-0.2, 0) is 0 Å². The first-order valence-electron chi connectivity index (χ1n) is 4.18. The molecule has 0 aromatic carbocycles. The van der Waals surface area contributed by atoms with E-state index in [0.29, 0.717) is 0 Å². The standard InChI is InChI=1S/C10H11N3/c1-8-3-10(5-11-4-8)13-6-9(2)12-7-13/h3-7H,1-2H3. The summed E-state index contributed by atoms with van der Waals surface area (Å²) in [6.07, 6.45) is 7.45. The van der Waals surface area contributed by atoms with Gasteiger partial charge >= 0.3 is 0 Å². The van der Waals surface area contributed by atoms with Gasteiger partial charge < -0.3 is 4.57 Å². The van der Waals surface area contributed by atoms with E-state index in [4.69, 9.17) is 0 Å². The first-order valence-corrected chi connectivity index (χ1v) is 4.18. The van der Waals surface area contributed by atoms with Crippen LogP contribution in [0.3, 0.4) is 0 Å². The fraction of sp³-hybridized carbons (Fsp3) is 0.200. The van der Waals surface area contributed by atoms with Gasteiger partial charge in [-0.2, -0.15) is 0 Å². The number of rotatable bonds is 1. The second kappa shape index (κ2) is 3.01. The van der Waals surface area contributed by atoms with Crippen molar-refractivity contribution in [2.24, 2.45) is 0 Å². The van der Waals surface area contributed by atoms with Crippen molar-refractivity contribution in [3.63, 3.8) is 0 Å². The molecule has 3 nitrogen and oxygen atoms in total. The van der Waals surface area contributed by atoms with E-state index in [9.17, 15) is 0 Å². The number of pyridine rings is 1. The lowest BCUT2D eigenvalue weighted by atomic mass is 10.3. The van der Waals surface area contributed by atoms with Crippen LogP contribution in [0, 0.1) is 13.8 Å². The molecule has 0 aliphatic heterocycles. The van der Waals surface area contributed by atoms with Gasteiger partial charge in [-0.15, -0.1) is 0 Å². The van der Waals surface area contributed by atoms with E-state index in [-0.39, 0.29) is 0 Å². The molecule has 0 radical (unpaired) electrons.